The van der Waals surface area contributed by atoms with E-state index in [1.165, 1.54) is 12.8 Å². The van der Waals surface area contributed by atoms with E-state index < -0.39 is 0 Å². The number of imidazole rings is 1. The van der Waals surface area contributed by atoms with Gasteiger partial charge in [-0.1, -0.05) is 12.1 Å². The van der Waals surface area contributed by atoms with Crippen LogP contribution in [0.1, 0.15) is 31.5 Å². The standard InChI is InChI=1S/C20H26N4O2/c25-17(8-7-16-21-14-5-1-2-6-15(14)22-16)23-18-13-9-12-26-20(13)19(18)24-10-3-4-11-24/h1-2,5-6,13,18-20H,3-4,7-12H2,(H,21,22)(H,23,25)/t13-,18+,19-,20-/m1/s1. The predicted molar refractivity (Wildman–Crippen MR) is 98.8 cm³/mol. The highest BCUT2D eigenvalue weighted by molar-refractivity contribution is 5.77. The van der Waals surface area contributed by atoms with E-state index in [2.05, 4.69) is 20.2 Å². The van der Waals surface area contributed by atoms with Gasteiger partial charge in [0.15, 0.2) is 0 Å². The maximum Gasteiger partial charge on any atom is 0.220 e. The highest BCUT2D eigenvalue weighted by Gasteiger charge is 2.56. The van der Waals surface area contributed by atoms with Crippen LogP contribution in [0.5, 0.6) is 0 Å². The SMILES string of the molecule is O=C(CCc1nc2ccccc2[nH]1)N[C@H]1[C@H]2CCO[C@H]2[C@@H]1N1CCCC1. The third-order valence-electron chi connectivity index (χ3n) is 6.27. The topological polar surface area (TPSA) is 70.2 Å². The van der Waals surface area contributed by atoms with E-state index in [0.29, 0.717) is 30.9 Å². The van der Waals surface area contributed by atoms with E-state index >= 15 is 0 Å². The van der Waals surface area contributed by atoms with Crippen molar-refractivity contribution >= 4 is 16.9 Å². The van der Waals surface area contributed by atoms with Gasteiger partial charge in [-0.15, -0.1) is 0 Å². The lowest BCUT2D eigenvalue weighted by atomic mass is 9.70. The fourth-order valence-corrected chi connectivity index (χ4v) is 4.96. The van der Waals surface area contributed by atoms with Crippen LogP contribution in [0.4, 0.5) is 0 Å². The van der Waals surface area contributed by atoms with Gasteiger partial charge in [-0.2, -0.15) is 0 Å². The summed E-state index contributed by atoms with van der Waals surface area (Å²) in [6.45, 7) is 3.12. The summed E-state index contributed by atoms with van der Waals surface area (Å²) >= 11 is 0. The van der Waals surface area contributed by atoms with Gasteiger partial charge in [0.25, 0.3) is 0 Å². The number of carbonyl (C=O) groups is 1. The summed E-state index contributed by atoms with van der Waals surface area (Å²) in [5, 5.41) is 3.32. The number of aryl methyl sites for hydroxylation is 1. The molecule has 3 aliphatic rings. The molecule has 1 aromatic heterocycles. The quantitative estimate of drug-likeness (QED) is 0.860. The normalized spacial score (nSPS) is 31.1. The lowest BCUT2D eigenvalue weighted by Crippen LogP contribution is -2.70. The number of aromatic nitrogens is 2. The van der Waals surface area contributed by atoms with E-state index in [-0.39, 0.29) is 11.9 Å². The number of H-pyrrole nitrogens is 1. The Hall–Kier alpha value is -1.92. The molecule has 1 amide bonds. The van der Waals surface area contributed by atoms with Gasteiger partial charge >= 0.3 is 0 Å². The van der Waals surface area contributed by atoms with E-state index in [0.717, 1.165) is 43.0 Å². The Bertz CT molecular complexity index is 760. The molecule has 1 aromatic carbocycles. The minimum absolute atomic E-state index is 0.130. The number of hydrogen-bond acceptors (Lipinski definition) is 4. The van der Waals surface area contributed by atoms with Crippen LogP contribution in [-0.4, -0.2) is 58.7 Å². The molecule has 3 heterocycles. The maximum atomic E-state index is 12.6. The first-order valence-electron chi connectivity index (χ1n) is 9.88. The van der Waals surface area contributed by atoms with Crippen LogP contribution in [0, 0.1) is 5.92 Å². The van der Waals surface area contributed by atoms with Gasteiger partial charge in [0.1, 0.15) is 5.82 Å². The molecule has 0 radical (unpaired) electrons. The second-order valence-electron chi connectivity index (χ2n) is 7.82. The summed E-state index contributed by atoms with van der Waals surface area (Å²) in [5.41, 5.74) is 1.99. The van der Waals surface area contributed by atoms with Crippen LogP contribution in [0.3, 0.4) is 0 Å². The van der Waals surface area contributed by atoms with E-state index in [9.17, 15) is 4.79 Å². The number of para-hydroxylation sites is 2. The molecule has 2 N–H and O–H groups in total. The van der Waals surface area contributed by atoms with E-state index in [4.69, 9.17) is 4.74 Å². The Balaban J connectivity index is 1.20. The minimum atomic E-state index is 0.130. The number of ether oxygens (including phenoxy) is 1. The van der Waals surface area contributed by atoms with Crippen molar-refractivity contribution in [1.29, 1.82) is 0 Å². The molecule has 5 rings (SSSR count). The molecule has 2 saturated heterocycles. The van der Waals surface area contributed by atoms with Gasteiger partial charge in [0.2, 0.25) is 5.91 Å². The van der Waals surface area contributed by atoms with Crippen molar-refractivity contribution < 1.29 is 9.53 Å². The van der Waals surface area contributed by atoms with Crippen molar-refractivity contribution in [2.45, 2.75) is 50.3 Å². The lowest BCUT2D eigenvalue weighted by Gasteiger charge is -2.51. The Morgan fingerprint density at radius 2 is 2.15 bits per heavy atom. The zero-order chi connectivity index (χ0) is 17.5. The van der Waals surface area contributed by atoms with Crippen molar-refractivity contribution in [2.24, 2.45) is 5.92 Å². The summed E-state index contributed by atoms with van der Waals surface area (Å²) in [7, 11) is 0. The van der Waals surface area contributed by atoms with Crippen molar-refractivity contribution in [1.82, 2.24) is 20.2 Å². The van der Waals surface area contributed by atoms with E-state index in [1.807, 2.05) is 24.3 Å². The van der Waals surface area contributed by atoms with Gasteiger partial charge in [0.05, 0.1) is 29.2 Å². The first kappa shape index (κ1) is 16.3. The van der Waals surface area contributed by atoms with Crippen LogP contribution in [-0.2, 0) is 16.0 Å². The van der Waals surface area contributed by atoms with Crippen molar-refractivity contribution in [3.8, 4) is 0 Å². The highest BCUT2D eigenvalue weighted by Crippen LogP contribution is 2.42. The third-order valence-corrected chi connectivity index (χ3v) is 6.27. The van der Waals surface area contributed by atoms with E-state index in [1.54, 1.807) is 0 Å². The summed E-state index contributed by atoms with van der Waals surface area (Å²) in [4.78, 5) is 23.0. The second kappa shape index (κ2) is 6.67. The van der Waals surface area contributed by atoms with Gasteiger partial charge in [-0.3, -0.25) is 9.69 Å². The summed E-state index contributed by atoms with van der Waals surface area (Å²) in [6, 6.07) is 8.61. The first-order chi connectivity index (χ1) is 12.8. The van der Waals surface area contributed by atoms with Crippen molar-refractivity contribution in [2.75, 3.05) is 19.7 Å². The smallest absolute Gasteiger partial charge is 0.220 e. The van der Waals surface area contributed by atoms with Gasteiger partial charge in [-0.25, -0.2) is 4.98 Å². The van der Waals surface area contributed by atoms with Crippen molar-refractivity contribution in [3.63, 3.8) is 0 Å². The zero-order valence-electron chi connectivity index (χ0n) is 15.0. The lowest BCUT2D eigenvalue weighted by molar-refractivity contribution is -0.128. The molecule has 2 aromatic rings. The minimum Gasteiger partial charge on any atom is -0.376 e. The number of aromatic amines is 1. The van der Waals surface area contributed by atoms with Gasteiger partial charge in [0, 0.05) is 25.4 Å². The Morgan fingerprint density at radius 1 is 1.31 bits per heavy atom. The molecular weight excluding hydrogens is 328 g/mol. The Kier molecular flexibility index (Phi) is 4.17. The molecule has 26 heavy (non-hydrogen) atoms. The first-order valence-corrected chi connectivity index (χ1v) is 9.88. The molecule has 1 aliphatic carbocycles. The fourth-order valence-electron chi connectivity index (χ4n) is 4.96. The average molecular weight is 354 g/mol. The fraction of sp³-hybridized carbons (Fsp3) is 0.600. The molecular formula is C20H26N4O2. The van der Waals surface area contributed by atoms with Crippen LogP contribution in [0.15, 0.2) is 24.3 Å². The largest absolute Gasteiger partial charge is 0.376 e. The number of nitrogens with zero attached hydrogens (tertiary/aromatic N) is 2. The maximum absolute atomic E-state index is 12.6. The molecule has 0 spiro atoms. The number of fused-ring (bicyclic) bond motifs is 2. The average Bonchev–Trinajstić information content (AvgIpc) is 3.38. The van der Waals surface area contributed by atoms with Gasteiger partial charge in [-0.05, 0) is 44.5 Å². The number of rotatable bonds is 5. The number of nitrogens with one attached hydrogen (secondary N) is 2. The number of likely N-dealkylation sites (tertiary alicyclic amines) is 1. The van der Waals surface area contributed by atoms with Crippen LogP contribution in [0.2, 0.25) is 0 Å². The van der Waals surface area contributed by atoms with Crippen molar-refractivity contribution in [3.05, 3.63) is 30.1 Å². The summed E-state index contributed by atoms with van der Waals surface area (Å²) < 4.78 is 5.94. The number of hydrogen-bond donors (Lipinski definition) is 2. The third kappa shape index (κ3) is 2.81. The molecule has 1 saturated carbocycles. The molecule has 0 unspecified atom stereocenters. The Morgan fingerprint density at radius 3 is 3.00 bits per heavy atom. The molecule has 138 valence electrons. The molecule has 2 aliphatic heterocycles. The second-order valence-corrected chi connectivity index (χ2v) is 7.82. The molecule has 6 heteroatoms. The van der Waals surface area contributed by atoms with Crippen LogP contribution < -0.4 is 5.32 Å². The molecule has 0 bridgehead atoms. The van der Waals surface area contributed by atoms with Gasteiger partial charge < -0.3 is 15.0 Å². The zero-order valence-corrected chi connectivity index (χ0v) is 15.0. The molecule has 6 nitrogen and oxygen atoms in total. The summed E-state index contributed by atoms with van der Waals surface area (Å²) in [6.07, 6.45) is 5.05. The summed E-state index contributed by atoms with van der Waals surface area (Å²) in [5.74, 6) is 1.51. The number of carbonyl (C=O) groups excluding carboxylic acids is 1. The number of amides is 1. The molecule has 3 fully saturated rings. The van der Waals surface area contributed by atoms with Crippen LogP contribution >= 0.6 is 0 Å². The predicted octanol–water partition coefficient (Wildman–Crippen LogP) is 1.86. The Labute approximate surface area is 153 Å². The van der Waals surface area contributed by atoms with Crippen LogP contribution in [0.25, 0.3) is 11.0 Å². The highest BCUT2D eigenvalue weighted by atomic mass is 16.5. The number of benzene rings is 1. The molecule has 4 atom stereocenters. The monoisotopic (exact) mass is 354 g/mol.